The van der Waals surface area contributed by atoms with Gasteiger partial charge in [0, 0.05) is 12.6 Å². The van der Waals surface area contributed by atoms with Gasteiger partial charge in [0.2, 0.25) is 0 Å². The Morgan fingerprint density at radius 2 is 2.32 bits per heavy atom. The average Bonchev–Trinajstić information content (AvgIpc) is 2.88. The van der Waals surface area contributed by atoms with E-state index in [0.717, 1.165) is 36.9 Å². The van der Waals surface area contributed by atoms with Crippen molar-refractivity contribution in [3.05, 3.63) is 16.4 Å². The Balaban J connectivity index is 2.30. The lowest BCUT2D eigenvalue weighted by molar-refractivity contribution is -0.148. The maximum absolute atomic E-state index is 11.7. The second kappa shape index (κ2) is 5.16. The van der Waals surface area contributed by atoms with Gasteiger partial charge in [0.1, 0.15) is 5.15 Å². The molecule has 2 atom stereocenters. The summed E-state index contributed by atoms with van der Waals surface area (Å²) in [4.78, 5) is 11.7. The monoisotopic (exact) mass is 284 g/mol. The van der Waals surface area contributed by atoms with Gasteiger partial charge in [-0.25, -0.2) is 0 Å². The third-order valence-electron chi connectivity index (χ3n) is 4.53. The summed E-state index contributed by atoms with van der Waals surface area (Å²) in [5, 5.41) is 14.5. The molecule has 0 bridgehead atoms. The topological polar surface area (TPSA) is 55.1 Å². The van der Waals surface area contributed by atoms with Gasteiger partial charge in [-0.05, 0) is 38.5 Å². The molecule has 0 aliphatic heterocycles. The van der Waals surface area contributed by atoms with E-state index < -0.39 is 11.4 Å². The fraction of sp³-hybridized carbons (Fsp3) is 0.714. The summed E-state index contributed by atoms with van der Waals surface area (Å²) in [6.07, 6.45) is 4.04. The molecule has 1 fully saturated rings. The third kappa shape index (κ3) is 2.50. The van der Waals surface area contributed by atoms with E-state index in [-0.39, 0.29) is 0 Å². The molecule has 1 aromatic heterocycles. The second-order valence-electron chi connectivity index (χ2n) is 5.76. The first-order chi connectivity index (χ1) is 8.89. The van der Waals surface area contributed by atoms with Crippen LogP contribution in [0, 0.1) is 18.3 Å². The minimum atomic E-state index is -0.692. The minimum absolute atomic E-state index is 0.497. The largest absolute Gasteiger partial charge is 0.481 e. The first-order valence-electron chi connectivity index (χ1n) is 6.81. The molecule has 0 saturated heterocycles. The molecule has 19 heavy (non-hydrogen) atoms. The van der Waals surface area contributed by atoms with Crippen molar-refractivity contribution < 1.29 is 9.90 Å². The van der Waals surface area contributed by atoms with E-state index in [2.05, 4.69) is 12.0 Å². The highest BCUT2D eigenvalue weighted by Gasteiger charge is 2.45. The minimum Gasteiger partial charge on any atom is -0.481 e. The molecular formula is C14H21ClN2O2. The van der Waals surface area contributed by atoms with Gasteiger partial charge in [0.25, 0.3) is 0 Å². The lowest BCUT2D eigenvalue weighted by Crippen LogP contribution is -2.31. The molecule has 0 spiro atoms. The highest BCUT2D eigenvalue weighted by atomic mass is 35.5. The number of halogens is 1. The molecule has 1 heterocycles. The molecule has 1 aromatic rings. The molecule has 1 saturated carbocycles. The second-order valence-corrected chi connectivity index (χ2v) is 6.12. The summed E-state index contributed by atoms with van der Waals surface area (Å²) < 4.78 is 1.62. The lowest BCUT2D eigenvalue weighted by Gasteiger charge is -2.24. The fourth-order valence-corrected chi connectivity index (χ4v) is 3.47. The number of aryl methyl sites for hydroxylation is 2. The van der Waals surface area contributed by atoms with Crippen molar-refractivity contribution in [1.29, 1.82) is 0 Å². The van der Waals surface area contributed by atoms with Crippen LogP contribution in [-0.4, -0.2) is 20.9 Å². The van der Waals surface area contributed by atoms with Crippen LogP contribution >= 0.6 is 11.6 Å². The van der Waals surface area contributed by atoms with Crippen LogP contribution in [0.25, 0.3) is 0 Å². The number of nitrogens with zero attached hydrogens (tertiary/aromatic N) is 2. The zero-order valence-corrected chi connectivity index (χ0v) is 12.5. The number of hydrogen-bond donors (Lipinski definition) is 1. The quantitative estimate of drug-likeness (QED) is 0.924. The molecule has 2 unspecified atom stereocenters. The van der Waals surface area contributed by atoms with Gasteiger partial charge >= 0.3 is 5.97 Å². The molecule has 1 aliphatic rings. The van der Waals surface area contributed by atoms with E-state index in [1.807, 2.05) is 6.92 Å². The number of aliphatic carboxylic acids is 1. The van der Waals surface area contributed by atoms with E-state index in [0.29, 0.717) is 17.5 Å². The molecule has 1 aliphatic carbocycles. The van der Waals surface area contributed by atoms with Gasteiger partial charge in [-0.3, -0.25) is 9.48 Å². The van der Waals surface area contributed by atoms with Crippen molar-refractivity contribution in [3.8, 4) is 0 Å². The SMILES string of the molecule is CCC1CCC(Cc2c(C)nn(C)c2Cl)(C(=O)O)C1. The number of carboxylic acid groups (broad SMARTS) is 1. The van der Waals surface area contributed by atoms with Crippen molar-refractivity contribution in [2.45, 2.75) is 46.0 Å². The Labute approximate surface area is 118 Å². The van der Waals surface area contributed by atoms with Crippen LogP contribution in [0.4, 0.5) is 0 Å². The summed E-state index contributed by atoms with van der Waals surface area (Å²) >= 11 is 6.24. The van der Waals surface area contributed by atoms with Gasteiger partial charge in [-0.2, -0.15) is 5.10 Å². The first-order valence-corrected chi connectivity index (χ1v) is 7.19. The summed E-state index contributed by atoms with van der Waals surface area (Å²) in [5.41, 5.74) is 1.08. The molecule has 0 aromatic carbocycles. The highest BCUT2D eigenvalue weighted by molar-refractivity contribution is 6.30. The van der Waals surface area contributed by atoms with E-state index in [1.165, 1.54) is 0 Å². The van der Waals surface area contributed by atoms with Gasteiger partial charge < -0.3 is 5.11 Å². The Kier molecular flexibility index (Phi) is 3.90. The number of rotatable bonds is 4. The number of hydrogen-bond acceptors (Lipinski definition) is 2. The molecular weight excluding hydrogens is 264 g/mol. The van der Waals surface area contributed by atoms with Gasteiger partial charge in [0.05, 0.1) is 11.1 Å². The molecule has 106 valence electrons. The van der Waals surface area contributed by atoms with E-state index >= 15 is 0 Å². The summed E-state index contributed by atoms with van der Waals surface area (Å²) in [6, 6.07) is 0. The number of carboxylic acids is 1. The van der Waals surface area contributed by atoms with Crippen LogP contribution in [0.1, 0.15) is 43.9 Å². The Hall–Kier alpha value is -1.03. The van der Waals surface area contributed by atoms with Crippen molar-refractivity contribution >= 4 is 17.6 Å². The highest BCUT2D eigenvalue weighted by Crippen LogP contribution is 2.46. The van der Waals surface area contributed by atoms with Gasteiger partial charge in [0.15, 0.2) is 0 Å². The van der Waals surface area contributed by atoms with E-state index in [1.54, 1.807) is 11.7 Å². The molecule has 0 amide bonds. The Morgan fingerprint density at radius 1 is 1.63 bits per heavy atom. The molecule has 5 heteroatoms. The predicted octanol–water partition coefficient (Wildman–Crippen LogP) is 3.21. The van der Waals surface area contributed by atoms with Gasteiger partial charge in [-0.1, -0.05) is 24.9 Å². The fourth-order valence-electron chi connectivity index (χ4n) is 3.23. The van der Waals surface area contributed by atoms with Crippen LogP contribution in [0.3, 0.4) is 0 Å². The van der Waals surface area contributed by atoms with Crippen LogP contribution < -0.4 is 0 Å². The maximum Gasteiger partial charge on any atom is 0.309 e. The molecule has 4 nitrogen and oxygen atoms in total. The summed E-state index contributed by atoms with van der Waals surface area (Å²) in [7, 11) is 1.79. The van der Waals surface area contributed by atoms with Crippen molar-refractivity contribution in [1.82, 2.24) is 9.78 Å². The predicted molar refractivity (Wildman–Crippen MR) is 74.4 cm³/mol. The van der Waals surface area contributed by atoms with Crippen LogP contribution in [0.15, 0.2) is 0 Å². The normalized spacial score (nSPS) is 26.8. The molecule has 1 N–H and O–H groups in total. The van der Waals surface area contributed by atoms with E-state index in [4.69, 9.17) is 11.6 Å². The molecule has 2 rings (SSSR count). The van der Waals surface area contributed by atoms with Crippen molar-refractivity contribution in [3.63, 3.8) is 0 Å². The van der Waals surface area contributed by atoms with Crippen LogP contribution in [0.5, 0.6) is 0 Å². The van der Waals surface area contributed by atoms with Crippen LogP contribution in [0.2, 0.25) is 5.15 Å². The first kappa shape index (κ1) is 14.4. The molecule has 0 radical (unpaired) electrons. The Morgan fingerprint density at radius 3 is 2.74 bits per heavy atom. The summed E-state index contributed by atoms with van der Waals surface area (Å²) in [6.45, 7) is 4.02. The summed E-state index contributed by atoms with van der Waals surface area (Å²) in [5.74, 6) is -0.172. The number of aromatic nitrogens is 2. The average molecular weight is 285 g/mol. The standard InChI is InChI=1S/C14H21ClN2O2/c1-4-10-5-6-14(7-10,13(18)19)8-11-9(2)16-17(3)12(11)15/h10H,4-8H2,1-3H3,(H,18,19). The van der Waals surface area contributed by atoms with Crippen molar-refractivity contribution in [2.75, 3.05) is 0 Å². The third-order valence-corrected chi connectivity index (χ3v) is 5.00. The number of carbonyl (C=O) groups is 1. The van der Waals surface area contributed by atoms with Crippen molar-refractivity contribution in [2.24, 2.45) is 18.4 Å². The lowest BCUT2D eigenvalue weighted by atomic mass is 9.79. The zero-order valence-electron chi connectivity index (χ0n) is 11.7. The smallest absolute Gasteiger partial charge is 0.309 e. The van der Waals surface area contributed by atoms with Crippen LogP contribution in [-0.2, 0) is 18.3 Å². The van der Waals surface area contributed by atoms with Gasteiger partial charge in [-0.15, -0.1) is 0 Å². The Bertz CT molecular complexity index is 498. The maximum atomic E-state index is 11.7. The zero-order chi connectivity index (χ0) is 14.2. The van der Waals surface area contributed by atoms with E-state index in [9.17, 15) is 9.90 Å².